The van der Waals surface area contributed by atoms with Crippen LogP contribution in [0.25, 0.3) is 10.9 Å². The van der Waals surface area contributed by atoms with Crippen molar-refractivity contribution >= 4 is 44.9 Å². The molecule has 0 radical (unpaired) electrons. The summed E-state index contributed by atoms with van der Waals surface area (Å²) in [4.78, 5) is 21.5. The van der Waals surface area contributed by atoms with Crippen LogP contribution in [0.3, 0.4) is 0 Å². The number of benzene rings is 1. The molecule has 0 unspecified atom stereocenters. The number of nitrogens with one attached hydrogen (secondary N) is 1. The molecule has 0 aliphatic carbocycles. The highest BCUT2D eigenvalue weighted by molar-refractivity contribution is 7.13. The van der Waals surface area contributed by atoms with Gasteiger partial charge in [0.15, 0.2) is 5.13 Å². The van der Waals surface area contributed by atoms with Crippen molar-refractivity contribution in [3.05, 3.63) is 76.1 Å². The number of thiazole rings is 1. The third-order valence-electron chi connectivity index (χ3n) is 4.87. The lowest BCUT2D eigenvalue weighted by atomic mass is 9.93. The number of rotatable bonds is 5. The monoisotopic (exact) mass is 438 g/mol. The van der Waals surface area contributed by atoms with Crippen molar-refractivity contribution in [3.63, 3.8) is 0 Å². The summed E-state index contributed by atoms with van der Waals surface area (Å²) in [6.45, 7) is 6.99. The highest BCUT2D eigenvalue weighted by Gasteiger charge is 2.19. The van der Waals surface area contributed by atoms with Crippen LogP contribution in [0.1, 0.15) is 37.6 Å². The van der Waals surface area contributed by atoms with Crippen LogP contribution in [-0.4, -0.2) is 20.4 Å². The van der Waals surface area contributed by atoms with Crippen molar-refractivity contribution in [3.8, 4) is 0 Å². The molecule has 0 fully saturated rings. The van der Waals surface area contributed by atoms with Gasteiger partial charge >= 0.3 is 0 Å². The number of carbonyl (C=O) groups excluding carboxylic acids is 1. The zero-order chi connectivity index (χ0) is 21.3. The number of fused-ring (bicyclic) bond motifs is 1. The van der Waals surface area contributed by atoms with E-state index in [0.717, 1.165) is 27.7 Å². The van der Waals surface area contributed by atoms with Gasteiger partial charge in [0.05, 0.1) is 12.1 Å². The maximum atomic E-state index is 12.7. The van der Waals surface area contributed by atoms with Crippen molar-refractivity contribution in [2.75, 3.05) is 5.32 Å². The first kappa shape index (κ1) is 20.6. The van der Waals surface area contributed by atoms with E-state index in [0.29, 0.717) is 16.7 Å². The molecule has 154 valence electrons. The zero-order valence-electron chi connectivity index (χ0n) is 17.1. The lowest BCUT2D eigenvalue weighted by molar-refractivity contribution is -0.115. The second kappa shape index (κ2) is 8.20. The fraction of sp³-hybridized carbons (Fsp3) is 0.261. The Labute approximate surface area is 184 Å². The van der Waals surface area contributed by atoms with Gasteiger partial charge < -0.3 is 9.88 Å². The molecule has 1 aromatic carbocycles. The SMILES string of the molecule is CC(C)(C)c1csc(NC(=O)Cc2cn(Cc3cccnc3)c3ccc(Cl)cc23)n1. The van der Waals surface area contributed by atoms with Crippen LogP contribution < -0.4 is 5.32 Å². The van der Waals surface area contributed by atoms with Crippen LogP contribution in [0.5, 0.6) is 0 Å². The lowest BCUT2D eigenvalue weighted by Gasteiger charge is -2.14. The highest BCUT2D eigenvalue weighted by Crippen LogP contribution is 2.28. The maximum Gasteiger partial charge on any atom is 0.230 e. The van der Waals surface area contributed by atoms with Crippen LogP contribution in [0.4, 0.5) is 5.13 Å². The third-order valence-corrected chi connectivity index (χ3v) is 5.86. The minimum Gasteiger partial charge on any atom is -0.343 e. The normalized spacial score (nSPS) is 11.7. The van der Waals surface area contributed by atoms with Crippen LogP contribution in [-0.2, 0) is 23.2 Å². The fourth-order valence-electron chi connectivity index (χ4n) is 3.32. The maximum absolute atomic E-state index is 12.7. The first-order valence-electron chi connectivity index (χ1n) is 9.71. The zero-order valence-corrected chi connectivity index (χ0v) is 18.7. The molecule has 30 heavy (non-hydrogen) atoms. The van der Waals surface area contributed by atoms with E-state index in [-0.39, 0.29) is 17.7 Å². The van der Waals surface area contributed by atoms with Gasteiger partial charge in [-0.05, 0) is 35.4 Å². The smallest absolute Gasteiger partial charge is 0.230 e. The summed E-state index contributed by atoms with van der Waals surface area (Å²) in [7, 11) is 0. The predicted octanol–water partition coefficient (Wildman–Crippen LogP) is 5.67. The minimum absolute atomic E-state index is 0.0457. The van der Waals surface area contributed by atoms with E-state index in [2.05, 4.69) is 40.6 Å². The molecule has 3 heterocycles. The van der Waals surface area contributed by atoms with Crippen LogP contribution in [0.2, 0.25) is 5.02 Å². The molecule has 4 rings (SSSR count). The fourth-order valence-corrected chi connectivity index (χ4v) is 4.44. The Kier molecular flexibility index (Phi) is 5.62. The lowest BCUT2D eigenvalue weighted by Crippen LogP contribution is -2.15. The van der Waals surface area contributed by atoms with Crippen LogP contribution in [0.15, 0.2) is 54.3 Å². The van der Waals surface area contributed by atoms with E-state index in [1.807, 2.05) is 48.1 Å². The first-order valence-corrected chi connectivity index (χ1v) is 11.0. The van der Waals surface area contributed by atoms with Gasteiger partial charge in [-0.3, -0.25) is 9.78 Å². The predicted molar refractivity (Wildman–Crippen MR) is 123 cm³/mol. The molecule has 0 aliphatic heterocycles. The second-order valence-electron chi connectivity index (χ2n) is 8.32. The van der Waals surface area contributed by atoms with Crippen molar-refractivity contribution in [1.82, 2.24) is 14.5 Å². The van der Waals surface area contributed by atoms with E-state index in [1.54, 1.807) is 6.20 Å². The molecular formula is C23H23ClN4OS. The van der Waals surface area contributed by atoms with Gasteiger partial charge in [-0.2, -0.15) is 0 Å². The van der Waals surface area contributed by atoms with E-state index in [9.17, 15) is 4.79 Å². The third kappa shape index (κ3) is 4.55. The van der Waals surface area contributed by atoms with Gasteiger partial charge in [0, 0.05) is 51.9 Å². The van der Waals surface area contributed by atoms with Gasteiger partial charge in [0.2, 0.25) is 5.91 Å². The molecule has 5 nitrogen and oxygen atoms in total. The van der Waals surface area contributed by atoms with E-state index < -0.39 is 0 Å². The van der Waals surface area contributed by atoms with E-state index in [1.165, 1.54) is 11.3 Å². The summed E-state index contributed by atoms with van der Waals surface area (Å²) in [5.41, 5.74) is 3.99. The number of halogens is 1. The summed E-state index contributed by atoms with van der Waals surface area (Å²) in [5, 5.41) is 7.19. The van der Waals surface area contributed by atoms with Crippen LogP contribution in [0, 0.1) is 0 Å². The molecule has 0 atom stereocenters. The second-order valence-corrected chi connectivity index (χ2v) is 9.61. The Morgan fingerprint density at radius 1 is 1.27 bits per heavy atom. The number of anilines is 1. The number of amides is 1. The first-order chi connectivity index (χ1) is 14.3. The molecular weight excluding hydrogens is 416 g/mol. The van der Waals surface area contributed by atoms with E-state index >= 15 is 0 Å². The number of carbonyl (C=O) groups is 1. The minimum atomic E-state index is -0.0924. The number of nitrogens with zero attached hydrogens (tertiary/aromatic N) is 3. The molecule has 0 saturated heterocycles. The summed E-state index contributed by atoms with van der Waals surface area (Å²) in [5.74, 6) is -0.0924. The average molecular weight is 439 g/mol. The molecule has 0 spiro atoms. The van der Waals surface area contributed by atoms with Gasteiger partial charge in [-0.15, -0.1) is 11.3 Å². The van der Waals surface area contributed by atoms with Gasteiger partial charge in [-0.1, -0.05) is 38.4 Å². The number of pyridine rings is 1. The quantitative estimate of drug-likeness (QED) is 0.436. The average Bonchev–Trinajstić information content (AvgIpc) is 3.28. The molecule has 1 N–H and O–H groups in total. The molecule has 0 bridgehead atoms. The summed E-state index contributed by atoms with van der Waals surface area (Å²) >= 11 is 7.70. The Morgan fingerprint density at radius 2 is 2.10 bits per heavy atom. The summed E-state index contributed by atoms with van der Waals surface area (Å²) in [6.07, 6.45) is 5.89. The largest absolute Gasteiger partial charge is 0.343 e. The van der Waals surface area contributed by atoms with Gasteiger partial charge in [0.25, 0.3) is 0 Å². The molecule has 1 amide bonds. The van der Waals surface area contributed by atoms with Crippen molar-refractivity contribution in [2.24, 2.45) is 0 Å². The summed E-state index contributed by atoms with van der Waals surface area (Å²) in [6, 6.07) is 9.74. The van der Waals surface area contributed by atoms with Crippen molar-refractivity contribution in [2.45, 2.75) is 39.2 Å². The standard InChI is InChI=1S/C23H23ClN4OS/c1-23(2,3)20-14-30-22(26-20)27-21(29)9-16-13-28(12-15-5-4-8-25-11-15)19-7-6-17(24)10-18(16)19/h4-8,10-11,13-14H,9,12H2,1-3H3,(H,26,27,29). The van der Waals surface area contributed by atoms with Crippen molar-refractivity contribution < 1.29 is 4.79 Å². The molecule has 0 saturated carbocycles. The van der Waals surface area contributed by atoms with Gasteiger partial charge in [-0.25, -0.2) is 4.98 Å². The molecule has 4 aromatic rings. The Hall–Kier alpha value is -2.70. The Morgan fingerprint density at radius 3 is 2.80 bits per heavy atom. The van der Waals surface area contributed by atoms with Crippen LogP contribution >= 0.6 is 22.9 Å². The molecule has 0 aliphatic rings. The molecule has 7 heteroatoms. The number of aromatic nitrogens is 3. The highest BCUT2D eigenvalue weighted by atomic mass is 35.5. The Bertz CT molecular complexity index is 1190. The topological polar surface area (TPSA) is 59.8 Å². The molecule has 3 aromatic heterocycles. The summed E-state index contributed by atoms with van der Waals surface area (Å²) < 4.78 is 2.13. The number of hydrogen-bond acceptors (Lipinski definition) is 4. The Balaban J connectivity index is 1.58. The number of hydrogen-bond donors (Lipinski definition) is 1. The van der Waals surface area contributed by atoms with Gasteiger partial charge in [0.1, 0.15) is 0 Å². The van der Waals surface area contributed by atoms with Crippen molar-refractivity contribution in [1.29, 1.82) is 0 Å². The van der Waals surface area contributed by atoms with E-state index in [4.69, 9.17) is 11.6 Å².